The second kappa shape index (κ2) is 9.95. The van der Waals surface area contributed by atoms with Gasteiger partial charge in [-0.1, -0.05) is 0 Å². The zero-order valence-electron chi connectivity index (χ0n) is 21.5. The zero-order chi connectivity index (χ0) is 27.1. The molecule has 4 heterocycles. The molecule has 0 saturated carbocycles. The molecule has 9 nitrogen and oxygen atoms in total. The average Bonchev–Trinajstić information content (AvgIpc) is 3.40. The van der Waals surface area contributed by atoms with Crippen LogP contribution in [-0.4, -0.2) is 46.4 Å². The molecule has 3 N–H and O–H groups in total. The van der Waals surface area contributed by atoms with Crippen LogP contribution in [0.2, 0.25) is 0 Å². The number of aromatic nitrogens is 4. The summed E-state index contributed by atoms with van der Waals surface area (Å²) in [5.74, 6) is -1.27. The van der Waals surface area contributed by atoms with Gasteiger partial charge in [0.25, 0.3) is 5.91 Å². The summed E-state index contributed by atoms with van der Waals surface area (Å²) >= 11 is 0. The molecule has 0 spiro atoms. The van der Waals surface area contributed by atoms with E-state index in [-0.39, 0.29) is 28.9 Å². The van der Waals surface area contributed by atoms with E-state index in [2.05, 4.69) is 15.2 Å². The molecular weight excluding hydrogens is 501 g/mol. The largest absolute Gasteiger partial charge is 0.496 e. The minimum Gasteiger partial charge on any atom is -0.496 e. The number of primary amides is 1. The Labute approximate surface area is 223 Å². The highest BCUT2D eigenvalue weighted by Crippen LogP contribution is 2.44. The molecule has 3 aromatic heterocycles. The Hall–Kier alpha value is -4.57. The van der Waals surface area contributed by atoms with Gasteiger partial charge in [0.15, 0.2) is 11.6 Å². The maximum absolute atomic E-state index is 15.2. The van der Waals surface area contributed by atoms with E-state index in [0.29, 0.717) is 18.6 Å². The van der Waals surface area contributed by atoms with Crippen LogP contribution >= 0.6 is 0 Å². The number of nitrogens with two attached hydrogens (primary N) is 1. The van der Waals surface area contributed by atoms with Gasteiger partial charge < -0.3 is 19.9 Å². The van der Waals surface area contributed by atoms with Crippen molar-refractivity contribution < 1.29 is 23.4 Å². The summed E-state index contributed by atoms with van der Waals surface area (Å²) < 4.78 is 32.3. The summed E-state index contributed by atoms with van der Waals surface area (Å²) in [6, 6.07) is 10.3. The number of hydrogen-bond acceptors (Lipinski definition) is 7. The Morgan fingerprint density at radius 1 is 1.13 bits per heavy atom. The quantitative estimate of drug-likeness (QED) is 0.302. The first-order valence-corrected chi connectivity index (χ1v) is 12.6. The number of aromatic amines is 1. The van der Waals surface area contributed by atoms with Gasteiger partial charge in [-0.25, -0.2) is 9.37 Å². The number of aryl methyl sites for hydroxylation is 1. The van der Waals surface area contributed by atoms with Crippen molar-refractivity contribution in [1.29, 1.82) is 0 Å². The normalized spacial score (nSPS) is 14.1. The highest BCUT2D eigenvalue weighted by atomic mass is 19.1. The topological polar surface area (TPSA) is 125 Å². The number of halogens is 1. The number of pyridine rings is 2. The summed E-state index contributed by atoms with van der Waals surface area (Å²) in [5.41, 5.74) is 9.78. The van der Waals surface area contributed by atoms with Crippen LogP contribution in [-0.2, 0) is 4.74 Å². The third kappa shape index (κ3) is 4.52. The van der Waals surface area contributed by atoms with Crippen LogP contribution < -0.4 is 15.2 Å². The lowest BCUT2D eigenvalue weighted by molar-refractivity contribution is 0.0845. The van der Waals surface area contributed by atoms with E-state index >= 15 is 4.39 Å². The number of hydrogen-bond donors (Lipinski definition) is 2. The van der Waals surface area contributed by atoms with E-state index < -0.39 is 11.7 Å². The lowest BCUT2D eigenvalue weighted by Crippen LogP contribution is -2.16. The molecule has 10 heteroatoms. The van der Waals surface area contributed by atoms with Gasteiger partial charge in [-0.05, 0) is 61.0 Å². The lowest BCUT2D eigenvalue weighted by Gasteiger charge is -2.26. The second-order valence-electron chi connectivity index (χ2n) is 9.55. The summed E-state index contributed by atoms with van der Waals surface area (Å²) in [7, 11) is 1.38. The van der Waals surface area contributed by atoms with Crippen molar-refractivity contribution in [1.82, 2.24) is 20.2 Å². The molecule has 0 bridgehead atoms. The van der Waals surface area contributed by atoms with Gasteiger partial charge in [0.2, 0.25) is 5.88 Å². The van der Waals surface area contributed by atoms with Crippen molar-refractivity contribution in [3.05, 3.63) is 71.6 Å². The Kier molecular flexibility index (Phi) is 6.32. The predicted octanol–water partition coefficient (Wildman–Crippen LogP) is 5.41. The van der Waals surface area contributed by atoms with E-state index in [4.69, 9.17) is 24.9 Å². The van der Waals surface area contributed by atoms with Crippen molar-refractivity contribution in [2.45, 2.75) is 25.7 Å². The van der Waals surface area contributed by atoms with Crippen molar-refractivity contribution >= 4 is 27.6 Å². The first-order chi connectivity index (χ1) is 18.9. The standard InChI is InChI=1S/C29H26FN5O4/c1-15-9-17(3-6-32-15)26-19-10-18-14-33-35-23(18)12-20(19)29(34-27(26)16-4-7-38-8-5-16)39-25-13-24(37-2)21(28(31)36)11-22(25)30/h3,6,9-14,16H,4-5,7-8H2,1-2H3,(H2,31,36)(H,33,35). The van der Waals surface area contributed by atoms with Gasteiger partial charge >= 0.3 is 0 Å². The number of amides is 1. The number of H-pyrrole nitrogens is 1. The van der Waals surface area contributed by atoms with Crippen molar-refractivity contribution in [2.24, 2.45) is 5.73 Å². The molecule has 39 heavy (non-hydrogen) atoms. The van der Waals surface area contributed by atoms with Gasteiger partial charge in [-0.15, -0.1) is 0 Å². The molecule has 1 aliphatic heterocycles. The van der Waals surface area contributed by atoms with E-state index in [1.807, 2.05) is 31.2 Å². The minimum absolute atomic E-state index is 0.0781. The van der Waals surface area contributed by atoms with E-state index in [1.54, 1.807) is 12.4 Å². The fourth-order valence-corrected chi connectivity index (χ4v) is 5.17. The molecule has 6 rings (SSSR count). The maximum Gasteiger partial charge on any atom is 0.252 e. The molecule has 1 aliphatic rings. The summed E-state index contributed by atoms with van der Waals surface area (Å²) in [6.07, 6.45) is 5.13. The third-order valence-electron chi connectivity index (χ3n) is 7.08. The van der Waals surface area contributed by atoms with Crippen LogP contribution in [0.1, 0.15) is 40.5 Å². The summed E-state index contributed by atoms with van der Waals surface area (Å²) in [5, 5.41) is 9.67. The molecule has 5 aromatic rings. The van der Waals surface area contributed by atoms with Crippen LogP contribution in [0.5, 0.6) is 17.4 Å². The monoisotopic (exact) mass is 527 g/mol. The van der Waals surface area contributed by atoms with Crippen molar-refractivity contribution in [2.75, 3.05) is 20.3 Å². The second-order valence-corrected chi connectivity index (χ2v) is 9.55. The van der Waals surface area contributed by atoms with Crippen LogP contribution in [0.3, 0.4) is 0 Å². The lowest BCUT2D eigenvalue weighted by atomic mass is 9.87. The number of carbonyl (C=O) groups is 1. The molecule has 1 amide bonds. The van der Waals surface area contributed by atoms with Crippen LogP contribution in [0.4, 0.5) is 4.39 Å². The van der Waals surface area contributed by atoms with Crippen LogP contribution in [0.15, 0.2) is 48.8 Å². The van der Waals surface area contributed by atoms with Gasteiger partial charge in [0.1, 0.15) is 5.75 Å². The Morgan fingerprint density at radius 3 is 2.69 bits per heavy atom. The first-order valence-electron chi connectivity index (χ1n) is 12.6. The zero-order valence-corrected chi connectivity index (χ0v) is 21.5. The molecule has 2 aromatic carbocycles. The van der Waals surface area contributed by atoms with E-state index in [1.165, 1.54) is 13.2 Å². The number of rotatable bonds is 6. The summed E-state index contributed by atoms with van der Waals surface area (Å²) in [4.78, 5) is 21.2. The van der Waals surface area contributed by atoms with E-state index in [9.17, 15) is 4.79 Å². The number of benzene rings is 2. The van der Waals surface area contributed by atoms with Gasteiger partial charge in [-0.2, -0.15) is 5.10 Å². The minimum atomic E-state index is -0.804. The Bertz CT molecular complexity index is 1730. The smallest absolute Gasteiger partial charge is 0.252 e. The van der Waals surface area contributed by atoms with Crippen molar-refractivity contribution in [3.8, 4) is 28.5 Å². The average molecular weight is 528 g/mol. The fraction of sp³-hybridized carbons (Fsp3) is 0.241. The Balaban J connectivity index is 1.63. The number of ether oxygens (including phenoxy) is 3. The van der Waals surface area contributed by atoms with Gasteiger partial charge in [0, 0.05) is 53.4 Å². The Morgan fingerprint density at radius 2 is 1.95 bits per heavy atom. The molecular formula is C29H26FN5O4. The number of nitrogens with zero attached hydrogens (tertiary/aromatic N) is 3. The molecule has 1 saturated heterocycles. The molecule has 198 valence electrons. The molecule has 0 aliphatic carbocycles. The number of nitrogens with one attached hydrogen (secondary N) is 1. The van der Waals surface area contributed by atoms with Crippen LogP contribution in [0.25, 0.3) is 32.8 Å². The van der Waals surface area contributed by atoms with Crippen molar-refractivity contribution in [3.63, 3.8) is 0 Å². The highest BCUT2D eigenvalue weighted by molar-refractivity contribution is 6.06. The van der Waals surface area contributed by atoms with Crippen LogP contribution in [0, 0.1) is 12.7 Å². The predicted molar refractivity (Wildman–Crippen MR) is 144 cm³/mol. The maximum atomic E-state index is 15.2. The number of fused-ring (bicyclic) bond motifs is 2. The number of carbonyl (C=O) groups excluding carboxylic acids is 1. The number of methoxy groups -OCH3 is 1. The molecule has 0 radical (unpaired) electrons. The van der Waals surface area contributed by atoms with E-state index in [0.717, 1.165) is 57.7 Å². The van der Waals surface area contributed by atoms with Gasteiger partial charge in [-0.3, -0.25) is 14.9 Å². The third-order valence-corrected chi connectivity index (χ3v) is 7.08. The van der Waals surface area contributed by atoms with Gasteiger partial charge in [0.05, 0.1) is 30.1 Å². The molecule has 0 unspecified atom stereocenters. The molecule has 1 fully saturated rings. The SMILES string of the molecule is COc1cc(Oc2nc(C3CCOCC3)c(-c3ccnc(C)c3)c3cc4cn[nH]c4cc23)c(F)cc1C(N)=O. The fourth-order valence-electron chi connectivity index (χ4n) is 5.17. The highest BCUT2D eigenvalue weighted by Gasteiger charge is 2.27. The first kappa shape index (κ1) is 24.7. The summed E-state index contributed by atoms with van der Waals surface area (Å²) in [6.45, 7) is 3.19. The molecule has 0 atom stereocenters.